The maximum absolute atomic E-state index is 6.36. The quantitative estimate of drug-likeness (QED) is 0.446. The summed E-state index contributed by atoms with van der Waals surface area (Å²) < 4.78 is 12.6. The average molecular weight is 419 g/mol. The van der Waals surface area contributed by atoms with Gasteiger partial charge >= 0.3 is 15.9 Å². The van der Waals surface area contributed by atoms with Crippen molar-refractivity contribution in [2.24, 2.45) is 0 Å². The van der Waals surface area contributed by atoms with Crippen LogP contribution in [0.2, 0.25) is 0 Å². The summed E-state index contributed by atoms with van der Waals surface area (Å²) in [7, 11) is 0. The molecule has 0 aliphatic rings. The van der Waals surface area contributed by atoms with Crippen molar-refractivity contribution in [1.29, 1.82) is 0 Å². The molecule has 0 spiro atoms. The molecule has 2 aromatic carbocycles. The van der Waals surface area contributed by atoms with Gasteiger partial charge in [-0.1, -0.05) is 0 Å². The predicted molar refractivity (Wildman–Crippen MR) is 127 cm³/mol. The molecule has 0 amide bonds. The van der Waals surface area contributed by atoms with E-state index in [0.717, 1.165) is 28.3 Å². The summed E-state index contributed by atoms with van der Waals surface area (Å²) in [6.07, 6.45) is 0. The fourth-order valence-corrected chi connectivity index (χ4v) is 5.17. The molecular formula is C26H33AlNO2. The molecule has 1 radical (unpaired) electrons. The molecule has 3 rings (SSSR count). The molecule has 1 heterocycles. The first-order valence-electron chi connectivity index (χ1n) is 10.6. The van der Waals surface area contributed by atoms with Gasteiger partial charge in [-0.05, 0) is 132 Å². The number of aromatic nitrogens is 1. The Morgan fingerprint density at radius 3 is 1.43 bits per heavy atom. The minimum Gasteiger partial charge on any atom is -0.615 e. The normalized spacial score (nSPS) is 11.2. The van der Waals surface area contributed by atoms with Crippen LogP contribution in [0.3, 0.4) is 0 Å². The number of hydrogen-bond acceptors (Lipinski definition) is 3. The first kappa shape index (κ1) is 22.7. The van der Waals surface area contributed by atoms with E-state index in [0.29, 0.717) is 0 Å². The van der Waals surface area contributed by atoms with Crippen LogP contribution in [0.25, 0.3) is 10.9 Å². The third-order valence-corrected chi connectivity index (χ3v) is 7.98. The smallest absolute Gasteiger partial charge is 0.615 e. The number of nitrogens with zero attached hydrogens (tertiary/aromatic N) is 1. The largest absolute Gasteiger partial charge is 0.881 e. The van der Waals surface area contributed by atoms with Crippen LogP contribution in [-0.2, 0) is 0 Å². The van der Waals surface area contributed by atoms with Crippen molar-refractivity contribution in [3.63, 3.8) is 0 Å². The van der Waals surface area contributed by atoms with Crippen molar-refractivity contribution in [3.8, 4) is 11.5 Å². The Bertz CT molecular complexity index is 1140. The molecule has 0 aliphatic carbocycles. The van der Waals surface area contributed by atoms with Crippen molar-refractivity contribution >= 4 is 26.8 Å². The lowest BCUT2D eigenvalue weighted by atomic mass is 9.93. The van der Waals surface area contributed by atoms with Crippen molar-refractivity contribution in [2.45, 2.75) is 76.2 Å². The van der Waals surface area contributed by atoms with Crippen LogP contribution < -0.4 is 7.58 Å². The van der Waals surface area contributed by atoms with Crippen LogP contribution in [0.5, 0.6) is 11.5 Å². The standard InChI is InChI=1S/C15H19NO.C11H16O.Al/c1-7-9(3)13-10(4)8(2)12(6)16-14(13)15(17)11(7)5;1-6-7(2)9(4)11(12)10(5)8(6)3;/h17H,1-6H3;12H,1-5H3;/q;;+2/p-2. The van der Waals surface area contributed by atoms with E-state index in [1.165, 1.54) is 55.5 Å². The van der Waals surface area contributed by atoms with Crippen LogP contribution in [0.15, 0.2) is 0 Å². The van der Waals surface area contributed by atoms with Gasteiger partial charge in [-0.2, -0.15) is 0 Å². The third kappa shape index (κ3) is 3.51. The van der Waals surface area contributed by atoms with E-state index in [1.54, 1.807) is 0 Å². The van der Waals surface area contributed by atoms with Gasteiger partial charge in [-0.15, -0.1) is 0 Å². The van der Waals surface area contributed by atoms with Gasteiger partial charge in [-0.3, -0.25) is 0 Å². The molecular weight excluding hydrogens is 385 g/mol. The van der Waals surface area contributed by atoms with Gasteiger partial charge in [0.25, 0.3) is 0 Å². The zero-order chi connectivity index (χ0) is 22.5. The highest BCUT2D eigenvalue weighted by Crippen LogP contribution is 2.37. The number of rotatable bonds is 4. The van der Waals surface area contributed by atoms with Crippen LogP contribution in [0.4, 0.5) is 0 Å². The number of aryl methyl sites for hydroxylation is 3. The monoisotopic (exact) mass is 418 g/mol. The first-order valence-corrected chi connectivity index (χ1v) is 11.5. The van der Waals surface area contributed by atoms with E-state index >= 15 is 0 Å². The SMILES string of the molecule is Cc1nc2c([O][Al][O]c3c(C)c(C)c(C)c(C)c3C)c(C)c(C)c(C)c2c(C)c1C. The summed E-state index contributed by atoms with van der Waals surface area (Å²) in [4.78, 5) is 4.93. The molecule has 0 fully saturated rings. The maximum atomic E-state index is 6.36. The van der Waals surface area contributed by atoms with E-state index in [1.807, 2.05) is 0 Å². The molecule has 0 saturated carbocycles. The van der Waals surface area contributed by atoms with Gasteiger partial charge in [0.15, 0.2) is 0 Å². The Morgan fingerprint density at radius 1 is 0.467 bits per heavy atom. The van der Waals surface area contributed by atoms with Crippen molar-refractivity contribution in [2.75, 3.05) is 0 Å². The zero-order valence-corrected chi connectivity index (χ0v) is 21.5. The van der Waals surface area contributed by atoms with Crippen molar-refractivity contribution in [1.82, 2.24) is 4.98 Å². The van der Waals surface area contributed by atoms with Crippen LogP contribution in [0, 0.1) is 76.2 Å². The molecule has 1 aromatic heterocycles. The topological polar surface area (TPSA) is 31.4 Å². The zero-order valence-electron chi connectivity index (χ0n) is 20.3. The third-order valence-electron chi connectivity index (χ3n) is 7.32. The molecule has 30 heavy (non-hydrogen) atoms. The summed E-state index contributed by atoms with van der Waals surface area (Å²) >= 11 is -0.706. The minimum absolute atomic E-state index is 0.706. The number of fused-ring (bicyclic) bond motifs is 1. The van der Waals surface area contributed by atoms with Gasteiger partial charge in [0, 0.05) is 11.1 Å². The molecule has 4 heteroatoms. The number of benzene rings is 2. The lowest BCUT2D eigenvalue weighted by molar-refractivity contribution is 0.454. The molecule has 157 valence electrons. The molecule has 0 N–H and O–H groups in total. The van der Waals surface area contributed by atoms with E-state index in [4.69, 9.17) is 12.6 Å². The van der Waals surface area contributed by atoms with E-state index in [9.17, 15) is 0 Å². The second kappa shape index (κ2) is 8.25. The van der Waals surface area contributed by atoms with Crippen molar-refractivity contribution < 1.29 is 7.58 Å². The van der Waals surface area contributed by atoms with Gasteiger partial charge in [0.05, 0.1) is 5.75 Å². The highest BCUT2D eigenvalue weighted by molar-refractivity contribution is 6.21. The Balaban J connectivity index is 2.04. The first-order chi connectivity index (χ1) is 14.0. The van der Waals surface area contributed by atoms with E-state index < -0.39 is 15.9 Å². The minimum atomic E-state index is -0.706. The average Bonchev–Trinajstić information content (AvgIpc) is 2.71. The fraction of sp³-hybridized carbons (Fsp3) is 0.423. The lowest BCUT2D eigenvalue weighted by Crippen LogP contribution is -2.15. The Kier molecular flexibility index (Phi) is 6.23. The van der Waals surface area contributed by atoms with Crippen LogP contribution in [0.1, 0.15) is 61.3 Å². The summed E-state index contributed by atoms with van der Waals surface area (Å²) in [5.74, 6) is 1.83. The Hall–Kier alpha value is -2.02. The number of hydrogen-bond donors (Lipinski definition) is 0. The molecule has 0 saturated heterocycles. The molecule has 0 atom stereocenters. The fourth-order valence-electron chi connectivity index (χ4n) is 4.29. The molecule has 0 bridgehead atoms. The second-order valence-electron chi connectivity index (χ2n) is 8.66. The highest BCUT2D eigenvalue weighted by atomic mass is 27.2. The second-order valence-corrected chi connectivity index (χ2v) is 9.32. The predicted octanol–water partition coefficient (Wildman–Crippen LogP) is 6.62. The number of pyridine rings is 1. The van der Waals surface area contributed by atoms with Gasteiger partial charge in [-0.25, -0.2) is 4.98 Å². The summed E-state index contributed by atoms with van der Waals surface area (Å²) in [6, 6.07) is 0. The summed E-state index contributed by atoms with van der Waals surface area (Å²) in [5.41, 5.74) is 14.6. The van der Waals surface area contributed by atoms with Crippen LogP contribution >= 0.6 is 0 Å². The van der Waals surface area contributed by atoms with Gasteiger partial charge in [0.2, 0.25) is 0 Å². The lowest BCUT2D eigenvalue weighted by Gasteiger charge is -2.22. The highest BCUT2D eigenvalue weighted by Gasteiger charge is 2.21. The van der Waals surface area contributed by atoms with Gasteiger partial charge < -0.3 is 7.58 Å². The van der Waals surface area contributed by atoms with Crippen LogP contribution in [-0.4, -0.2) is 20.9 Å². The molecule has 0 unspecified atom stereocenters. The Morgan fingerprint density at radius 2 is 0.867 bits per heavy atom. The Labute approximate surface area is 188 Å². The van der Waals surface area contributed by atoms with E-state index in [-0.39, 0.29) is 0 Å². The molecule has 0 aliphatic heterocycles. The van der Waals surface area contributed by atoms with Gasteiger partial charge in [0.1, 0.15) is 11.3 Å². The molecule has 3 aromatic rings. The van der Waals surface area contributed by atoms with Crippen molar-refractivity contribution in [3.05, 3.63) is 61.3 Å². The summed E-state index contributed by atoms with van der Waals surface area (Å²) in [5, 5.41) is 1.21. The van der Waals surface area contributed by atoms with E-state index in [2.05, 4.69) is 76.2 Å². The molecule has 3 nitrogen and oxygen atoms in total. The maximum Gasteiger partial charge on any atom is 0.881 e. The summed E-state index contributed by atoms with van der Waals surface area (Å²) in [6.45, 7) is 23.7.